The molecule has 1 aromatic heterocycles. The average molecular weight is 329 g/mol. The molecular weight excluding hydrogens is 310 g/mol. The van der Waals surface area contributed by atoms with Crippen molar-refractivity contribution in [3.8, 4) is 0 Å². The zero-order valence-corrected chi connectivity index (χ0v) is 13.6. The number of sulfone groups is 1. The number of fused-ring (bicyclic) bond motifs is 1. The van der Waals surface area contributed by atoms with E-state index in [2.05, 4.69) is 15.6 Å². The zero-order valence-electron chi connectivity index (χ0n) is 12.7. The molecule has 0 amide bonds. The molecule has 0 radical (unpaired) electrons. The molecule has 1 aliphatic carbocycles. The Morgan fingerprint density at radius 2 is 1.70 bits per heavy atom. The summed E-state index contributed by atoms with van der Waals surface area (Å²) < 4.78 is 25.9. The highest BCUT2D eigenvalue weighted by atomic mass is 32.2. The third-order valence-electron chi connectivity index (χ3n) is 4.68. The molecule has 0 bridgehead atoms. The van der Waals surface area contributed by atoms with Crippen LogP contribution >= 0.6 is 0 Å². The summed E-state index contributed by atoms with van der Waals surface area (Å²) in [6.07, 6.45) is 7.02. The number of hydrogen-bond acceptors (Lipinski definition) is 5. The summed E-state index contributed by atoms with van der Waals surface area (Å²) in [6.45, 7) is 0. The van der Waals surface area contributed by atoms with Crippen molar-refractivity contribution in [1.29, 1.82) is 0 Å². The van der Waals surface area contributed by atoms with Crippen molar-refractivity contribution in [2.75, 3.05) is 10.6 Å². The molecule has 1 aromatic carbocycles. The second-order valence-corrected chi connectivity index (χ2v) is 8.16. The Morgan fingerprint density at radius 3 is 2.43 bits per heavy atom. The highest BCUT2D eigenvalue weighted by Crippen LogP contribution is 2.44. The van der Waals surface area contributed by atoms with Crippen LogP contribution in [0.1, 0.15) is 32.1 Å². The van der Waals surface area contributed by atoms with Gasteiger partial charge in [0.25, 0.3) is 0 Å². The van der Waals surface area contributed by atoms with Gasteiger partial charge in [-0.2, -0.15) is 0 Å². The van der Waals surface area contributed by atoms with Gasteiger partial charge in [-0.1, -0.05) is 24.6 Å². The molecule has 0 unspecified atom stereocenters. The Bertz CT molecular complexity index is 828. The fourth-order valence-electron chi connectivity index (χ4n) is 3.51. The Hall–Kier alpha value is -2.08. The smallest absolute Gasteiger partial charge is 0.208 e. The third-order valence-corrected chi connectivity index (χ3v) is 6.50. The van der Waals surface area contributed by atoms with E-state index in [1.807, 2.05) is 6.07 Å². The number of hydrogen-bond donors (Lipinski definition) is 2. The minimum absolute atomic E-state index is 0.240. The van der Waals surface area contributed by atoms with Gasteiger partial charge < -0.3 is 10.6 Å². The Morgan fingerprint density at radius 1 is 0.957 bits per heavy atom. The van der Waals surface area contributed by atoms with Crippen LogP contribution in [0.15, 0.2) is 52.4 Å². The lowest BCUT2D eigenvalue weighted by Crippen LogP contribution is -2.43. The van der Waals surface area contributed by atoms with Crippen molar-refractivity contribution in [3.05, 3.63) is 42.6 Å². The molecule has 1 spiro atoms. The second-order valence-electron chi connectivity index (χ2n) is 6.24. The number of benzene rings is 1. The molecule has 2 aliphatic rings. The number of anilines is 2. The fraction of sp³-hybridized carbons (Fsp3) is 0.353. The summed E-state index contributed by atoms with van der Waals surface area (Å²) >= 11 is 0. The van der Waals surface area contributed by atoms with Crippen LogP contribution in [0.2, 0.25) is 0 Å². The topological polar surface area (TPSA) is 71.1 Å². The van der Waals surface area contributed by atoms with Crippen molar-refractivity contribution >= 4 is 21.3 Å². The lowest BCUT2D eigenvalue weighted by atomic mass is 9.90. The van der Waals surface area contributed by atoms with Crippen LogP contribution in [-0.2, 0) is 9.84 Å². The summed E-state index contributed by atoms with van der Waals surface area (Å²) in [5.74, 6) is 0.643. The molecule has 1 saturated carbocycles. The van der Waals surface area contributed by atoms with Crippen molar-refractivity contribution in [2.45, 2.75) is 47.6 Å². The lowest BCUT2D eigenvalue weighted by molar-refractivity contribution is 0.366. The maximum absolute atomic E-state index is 13.0. The maximum atomic E-state index is 13.0. The van der Waals surface area contributed by atoms with E-state index in [0.29, 0.717) is 21.3 Å². The van der Waals surface area contributed by atoms with Gasteiger partial charge in [0.2, 0.25) is 9.84 Å². The monoisotopic (exact) mass is 329 g/mol. The first-order valence-corrected chi connectivity index (χ1v) is 9.45. The predicted molar refractivity (Wildman–Crippen MR) is 89.2 cm³/mol. The third kappa shape index (κ3) is 2.37. The first kappa shape index (κ1) is 14.5. The SMILES string of the molecule is O=S(=O)(c1ccccc1)c1ccnc2c1NC1(CCCCC1)N2. The van der Waals surface area contributed by atoms with Gasteiger partial charge in [0.05, 0.1) is 10.6 Å². The summed E-state index contributed by atoms with van der Waals surface area (Å²) in [5, 5.41) is 6.87. The highest BCUT2D eigenvalue weighted by Gasteiger charge is 2.40. The molecule has 6 heteroatoms. The van der Waals surface area contributed by atoms with Crippen LogP contribution in [0.4, 0.5) is 11.5 Å². The molecule has 1 fully saturated rings. The summed E-state index contributed by atoms with van der Waals surface area (Å²) in [5.41, 5.74) is 0.369. The number of pyridine rings is 1. The van der Waals surface area contributed by atoms with Crippen LogP contribution in [0, 0.1) is 0 Å². The molecule has 0 atom stereocenters. The van der Waals surface area contributed by atoms with Gasteiger partial charge in [-0.05, 0) is 43.9 Å². The molecular formula is C17H19N3O2S. The van der Waals surface area contributed by atoms with E-state index in [9.17, 15) is 8.42 Å². The van der Waals surface area contributed by atoms with Crippen LogP contribution in [0.3, 0.4) is 0 Å². The lowest BCUT2D eigenvalue weighted by Gasteiger charge is -2.34. The molecule has 2 aromatic rings. The molecule has 2 N–H and O–H groups in total. The van der Waals surface area contributed by atoms with E-state index in [-0.39, 0.29) is 5.66 Å². The largest absolute Gasteiger partial charge is 0.359 e. The Labute approximate surface area is 136 Å². The van der Waals surface area contributed by atoms with Crippen molar-refractivity contribution < 1.29 is 8.42 Å². The first-order valence-electron chi connectivity index (χ1n) is 7.96. The normalized spacial score (nSPS) is 19.0. The van der Waals surface area contributed by atoms with Gasteiger partial charge in [0.15, 0.2) is 5.82 Å². The molecule has 120 valence electrons. The number of nitrogens with one attached hydrogen (secondary N) is 2. The van der Waals surface area contributed by atoms with Crippen LogP contribution in [0.5, 0.6) is 0 Å². The average Bonchev–Trinajstić information content (AvgIpc) is 2.93. The molecule has 2 heterocycles. The molecule has 5 nitrogen and oxygen atoms in total. The van der Waals surface area contributed by atoms with E-state index in [0.717, 1.165) is 25.7 Å². The van der Waals surface area contributed by atoms with E-state index in [1.165, 1.54) is 6.42 Å². The van der Waals surface area contributed by atoms with E-state index in [1.54, 1.807) is 36.5 Å². The van der Waals surface area contributed by atoms with Crippen LogP contribution < -0.4 is 10.6 Å². The molecule has 4 rings (SSSR count). The number of nitrogens with zero attached hydrogens (tertiary/aromatic N) is 1. The van der Waals surface area contributed by atoms with E-state index in [4.69, 9.17) is 0 Å². The molecule has 23 heavy (non-hydrogen) atoms. The van der Waals surface area contributed by atoms with Crippen molar-refractivity contribution in [1.82, 2.24) is 4.98 Å². The van der Waals surface area contributed by atoms with E-state index < -0.39 is 9.84 Å². The predicted octanol–water partition coefficient (Wildman–Crippen LogP) is 3.41. The number of aromatic nitrogens is 1. The molecule has 1 aliphatic heterocycles. The highest BCUT2D eigenvalue weighted by molar-refractivity contribution is 7.91. The standard InChI is InChI=1S/C17H19N3O2S/c21-23(22,13-7-3-1-4-8-13)14-9-12-18-16-15(14)19-17(20-16)10-5-2-6-11-17/h1,3-4,7-9,12,19H,2,5-6,10-11H2,(H,18,20). The summed E-state index contributed by atoms with van der Waals surface area (Å²) in [6, 6.07) is 10.1. The summed E-state index contributed by atoms with van der Waals surface area (Å²) in [7, 11) is -3.56. The Kier molecular flexibility index (Phi) is 3.30. The zero-order chi connectivity index (χ0) is 15.9. The van der Waals surface area contributed by atoms with Gasteiger partial charge >= 0.3 is 0 Å². The van der Waals surface area contributed by atoms with Crippen LogP contribution in [-0.4, -0.2) is 19.1 Å². The number of rotatable bonds is 2. The van der Waals surface area contributed by atoms with Gasteiger partial charge in [-0.3, -0.25) is 0 Å². The Balaban J connectivity index is 1.78. The second kappa shape index (κ2) is 5.23. The first-order chi connectivity index (χ1) is 11.1. The molecule has 0 saturated heterocycles. The van der Waals surface area contributed by atoms with Gasteiger partial charge in [-0.15, -0.1) is 0 Å². The fourth-order valence-corrected chi connectivity index (χ4v) is 4.94. The van der Waals surface area contributed by atoms with Crippen LogP contribution in [0.25, 0.3) is 0 Å². The van der Waals surface area contributed by atoms with Crippen molar-refractivity contribution in [2.24, 2.45) is 0 Å². The minimum atomic E-state index is -3.56. The van der Waals surface area contributed by atoms with Gasteiger partial charge in [-0.25, -0.2) is 13.4 Å². The quantitative estimate of drug-likeness (QED) is 0.883. The van der Waals surface area contributed by atoms with Crippen molar-refractivity contribution in [3.63, 3.8) is 0 Å². The van der Waals surface area contributed by atoms with E-state index >= 15 is 0 Å². The maximum Gasteiger partial charge on any atom is 0.208 e. The van der Waals surface area contributed by atoms with Gasteiger partial charge in [0, 0.05) is 6.20 Å². The minimum Gasteiger partial charge on any atom is -0.359 e. The van der Waals surface area contributed by atoms with Gasteiger partial charge in [0.1, 0.15) is 10.6 Å². The summed E-state index contributed by atoms with van der Waals surface area (Å²) in [4.78, 5) is 4.94.